The van der Waals surface area contributed by atoms with E-state index >= 15 is 0 Å². The first kappa shape index (κ1) is 16.4. The summed E-state index contributed by atoms with van der Waals surface area (Å²) in [5, 5.41) is 0. The van der Waals surface area contributed by atoms with Crippen LogP contribution in [0.25, 0.3) is 0 Å². The molecule has 0 bridgehead atoms. The number of rotatable bonds is 5. The molecule has 1 saturated carbocycles. The van der Waals surface area contributed by atoms with Gasteiger partial charge in [-0.3, -0.25) is 4.18 Å². The Morgan fingerprint density at radius 1 is 1.25 bits per heavy atom. The molecule has 3 nitrogen and oxygen atoms in total. The monoisotopic (exact) mass is 263 g/mol. The fourth-order valence-electron chi connectivity index (χ4n) is 2.04. The summed E-state index contributed by atoms with van der Waals surface area (Å²) >= 11 is 0. The van der Waals surface area contributed by atoms with Crippen LogP contribution >= 0.6 is 7.92 Å². The highest BCUT2D eigenvalue weighted by atomic mass is 32.2. The molecule has 6 heteroatoms. The SMILES string of the molecule is C[P@](CCOS(C)(=O)=O)C1CCCCC1.[B]. The van der Waals surface area contributed by atoms with Crippen molar-refractivity contribution in [3.63, 3.8) is 0 Å². The van der Waals surface area contributed by atoms with Crippen molar-refractivity contribution >= 4 is 26.5 Å². The van der Waals surface area contributed by atoms with E-state index < -0.39 is 10.1 Å². The van der Waals surface area contributed by atoms with Gasteiger partial charge in [0.1, 0.15) is 0 Å². The Bertz CT molecular complexity index is 276. The first-order valence-corrected chi connectivity index (χ1v) is 9.39. The Morgan fingerprint density at radius 2 is 1.81 bits per heavy atom. The molecule has 0 saturated heterocycles. The number of hydrogen-bond acceptors (Lipinski definition) is 3. The standard InChI is InChI=1S/C10H21O3PS.B/c1-14(9-8-13-15(2,11)12)10-6-4-3-5-7-10;/h10H,3-9H2,1-2H3;/t14-;/m1./s1. The molecule has 3 radical (unpaired) electrons. The molecule has 0 aliphatic heterocycles. The van der Waals surface area contributed by atoms with Crippen LogP contribution in [-0.2, 0) is 14.3 Å². The van der Waals surface area contributed by atoms with Crippen molar-refractivity contribution in [2.75, 3.05) is 25.7 Å². The zero-order valence-electron chi connectivity index (χ0n) is 10.2. The average Bonchev–Trinajstić information content (AvgIpc) is 2.17. The molecule has 16 heavy (non-hydrogen) atoms. The van der Waals surface area contributed by atoms with Crippen molar-refractivity contribution in [2.24, 2.45) is 0 Å². The van der Waals surface area contributed by atoms with Gasteiger partial charge >= 0.3 is 0 Å². The average molecular weight is 263 g/mol. The quantitative estimate of drug-likeness (QED) is 0.433. The van der Waals surface area contributed by atoms with Crippen molar-refractivity contribution < 1.29 is 12.6 Å². The van der Waals surface area contributed by atoms with Crippen molar-refractivity contribution in [2.45, 2.75) is 37.8 Å². The summed E-state index contributed by atoms with van der Waals surface area (Å²) in [6, 6.07) is 0. The third-order valence-electron chi connectivity index (χ3n) is 2.94. The Balaban J connectivity index is 0.00000225. The zero-order chi connectivity index (χ0) is 11.3. The van der Waals surface area contributed by atoms with E-state index in [0.29, 0.717) is 6.61 Å². The van der Waals surface area contributed by atoms with E-state index in [2.05, 4.69) is 6.66 Å². The summed E-state index contributed by atoms with van der Waals surface area (Å²) < 4.78 is 26.3. The van der Waals surface area contributed by atoms with Crippen LogP contribution in [0.15, 0.2) is 0 Å². The fourth-order valence-corrected chi connectivity index (χ4v) is 4.54. The largest absolute Gasteiger partial charge is 0.270 e. The lowest BCUT2D eigenvalue weighted by Crippen LogP contribution is -2.14. The minimum Gasteiger partial charge on any atom is -0.270 e. The molecule has 1 atom stereocenters. The van der Waals surface area contributed by atoms with Gasteiger partial charge in [0, 0.05) is 8.41 Å². The van der Waals surface area contributed by atoms with E-state index in [-0.39, 0.29) is 16.3 Å². The third kappa shape index (κ3) is 6.87. The highest BCUT2D eigenvalue weighted by Gasteiger charge is 2.19. The number of hydrogen-bond donors (Lipinski definition) is 0. The van der Waals surface area contributed by atoms with E-state index in [9.17, 15) is 8.42 Å². The lowest BCUT2D eigenvalue weighted by atomic mass is 10.0. The van der Waals surface area contributed by atoms with Crippen LogP contribution < -0.4 is 0 Å². The van der Waals surface area contributed by atoms with Gasteiger partial charge in [-0.2, -0.15) is 8.42 Å². The Morgan fingerprint density at radius 3 is 2.31 bits per heavy atom. The van der Waals surface area contributed by atoms with E-state index in [0.717, 1.165) is 18.1 Å². The molecule has 1 aliphatic rings. The topological polar surface area (TPSA) is 43.4 Å². The Labute approximate surface area is 103 Å². The molecule has 1 fully saturated rings. The molecule has 0 aromatic rings. The first-order valence-electron chi connectivity index (χ1n) is 5.54. The van der Waals surface area contributed by atoms with Crippen LogP contribution in [0.2, 0.25) is 0 Å². The molecule has 0 unspecified atom stereocenters. The van der Waals surface area contributed by atoms with Gasteiger partial charge < -0.3 is 0 Å². The predicted octanol–water partition coefficient (Wildman–Crippen LogP) is 2.03. The fraction of sp³-hybridized carbons (Fsp3) is 1.00. The van der Waals surface area contributed by atoms with E-state index in [4.69, 9.17) is 4.18 Å². The third-order valence-corrected chi connectivity index (χ3v) is 6.19. The smallest absolute Gasteiger partial charge is 0.264 e. The molecule has 0 aromatic carbocycles. The molecule has 93 valence electrons. The maximum absolute atomic E-state index is 10.8. The van der Waals surface area contributed by atoms with Gasteiger partial charge in [0.15, 0.2) is 0 Å². The van der Waals surface area contributed by atoms with Gasteiger partial charge in [0.25, 0.3) is 10.1 Å². The Hall–Kier alpha value is 0.405. The molecule has 0 N–H and O–H groups in total. The van der Waals surface area contributed by atoms with Crippen molar-refractivity contribution in [1.82, 2.24) is 0 Å². The maximum Gasteiger partial charge on any atom is 0.264 e. The molecule has 1 rings (SSSR count). The molecule has 0 aromatic heterocycles. The van der Waals surface area contributed by atoms with Crippen LogP contribution in [0, 0.1) is 0 Å². The van der Waals surface area contributed by atoms with Gasteiger partial charge in [0.2, 0.25) is 0 Å². The van der Waals surface area contributed by atoms with Crippen molar-refractivity contribution in [1.29, 1.82) is 0 Å². The van der Waals surface area contributed by atoms with Crippen molar-refractivity contribution in [3.8, 4) is 0 Å². The second-order valence-corrected chi connectivity index (χ2v) is 8.63. The second kappa shape index (κ2) is 7.68. The van der Waals surface area contributed by atoms with Gasteiger partial charge in [-0.1, -0.05) is 19.3 Å². The highest BCUT2D eigenvalue weighted by Crippen LogP contribution is 2.44. The maximum atomic E-state index is 10.8. The summed E-state index contributed by atoms with van der Waals surface area (Å²) in [6.45, 7) is 2.65. The van der Waals surface area contributed by atoms with Crippen LogP contribution in [0.5, 0.6) is 0 Å². The summed E-state index contributed by atoms with van der Waals surface area (Å²) in [5.41, 5.74) is 0.844. The normalized spacial score (nSPS) is 20.1. The molecule has 0 amide bonds. The summed E-state index contributed by atoms with van der Waals surface area (Å²) in [7, 11) is -3.28. The van der Waals surface area contributed by atoms with E-state index in [1.54, 1.807) is 0 Å². The van der Waals surface area contributed by atoms with Gasteiger partial charge in [0.05, 0.1) is 12.9 Å². The van der Waals surface area contributed by atoms with Gasteiger partial charge in [-0.05, 0) is 31.3 Å². The minimum absolute atomic E-state index is 0. The molecule has 1 aliphatic carbocycles. The van der Waals surface area contributed by atoms with E-state index in [1.807, 2.05) is 0 Å². The minimum atomic E-state index is -3.24. The lowest BCUT2D eigenvalue weighted by molar-refractivity contribution is 0.344. The lowest BCUT2D eigenvalue weighted by Gasteiger charge is -2.27. The van der Waals surface area contributed by atoms with Gasteiger partial charge in [-0.15, -0.1) is 7.92 Å². The molecule has 0 spiro atoms. The second-order valence-electron chi connectivity index (χ2n) is 4.30. The summed E-state index contributed by atoms with van der Waals surface area (Å²) in [5.74, 6) is 0. The molecular formula is C10H21BO3PS. The van der Waals surface area contributed by atoms with Crippen LogP contribution in [-0.4, -0.2) is 48.2 Å². The molecular weight excluding hydrogens is 242 g/mol. The summed E-state index contributed by atoms with van der Waals surface area (Å²) in [4.78, 5) is 0. The zero-order valence-corrected chi connectivity index (χ0v) is 11.9. The van der Waals surface area contributed by atoms with Crippen molar-refractivity contribution in [3.05, 3.63) is 0 Å². The molecule has 0 heterocycles. The van der Waals surface area contributed by atoms with Crippen LogP contribution in [0.1, 0.15) is 32.1 Å². The first-order chi connectivity index (χ1) is 6.99. The highest BCUT2D eigenvalue weighted by molar-refractivity contribution is 7.86. The van der Waals surface area contributed by atoms with Crippen LogP contribution in [0.4, 0.5) is 0 Å². The Kier molecular flexibility index (Phi) is 7.87. The summed E-state index contributed by atoms with van der Waals surface area (Å²) in [6.07, 6.45) is 8.79. The predicted molar refractivity (Wildman–Crippen MR) is 71.1 cm³/mol. The van der Waals surface area contributed by atoms with Crippen LogP contribution in [0.3, 0.4) is 0 Å². The van der Waals surface area contributed by atoms with E-state index in [1.165, 1.54) is 32.1 Å². The van der Waals surface area contributed by atoms with Gasteiger partial charge in [-0.25, -0.2) is 0 Å².